The van der Waals surface area contributed by atoms with Gasteiger partial charge in [-0.3, -0.25) is 9.78 Å². The second-order valence-corrected chi connectivity index (χ2v) is 7.90. The van der Waals surface area contributed by atoms with Gasteiger partial charge in [-0.25, -0.2) is 9.50 Å². The number of hydrogen-bond donors (Lipinski definition) is 0. The van der Waals surface area contributed by atoms with Crippen molar-refractivity contribution in [3.05, 3.63) is 58.8 Å². The monoisotopic (exact) mass is 417 g/mol. The lowest BCUT2D eigenvalue weighted by atomic mass is 10.1. The lowest BCUT2D eigenvalue weighted by Crippen LogP contribution is -2.31. The number of rotatable bonds is 3. The fourth-order valence-electron chi connectivity index (χ4n) is 3.75. The van der Waals surface area contributed by atoms with Gasteiger partial charge in [0.1, 0.15) is 5.69 Å². The summed E-state index contributed by atoms with van der Waals surface area (Å²) < 4.78 is 41.8. The molecule has 0 spiro atoms. The molecule has 6 nitrogen and oxygen atoms in total. The van der Waals surface area contributed by atoms with Gasteiger partial charge in [0.15, 0.2) is 5.65 Å². The molecule has 0 aliphatic carbocycles. The molecule has 3 aromatic heterocycles. The number of halogens is 3. The molecule has 1 saturated heterocycles. The van der Waals surface area contributed by atoms with Crippen molar-refractivity contribution < 1.29 is 18.0 Å². The number of pyridine rings is 1. The zero-order valence-electron chi connectivity index (χ0n) is 16.9. The van der Waals surface area contributed by atoms with Crippen LogP contribution in [-0.2, 0) is 6.18 Å². The van der Waals surface area contributed by atoms with E-state index in [0.717, 1.165) is 22.7 Å². The Morgan fingerprint density at radius 3 is 2.63 bits per heavy atom. The maximum atomic E-state index is 13.6. The molecule has 0 radical (unpaired) electrons. The van der Waals surface area contributed by atoms with E-state index in [1.807, 2.05) is 6.92 Å². The molecule has 3 aromatic rings. The van der Waals surface area contributed by atoms with Gasteiger partial charge >= 0.3 is 6.18 Å². The standard InChI is InChI=1S/C21H22F3N5O/c1-12(2)15-9-18(21(22,23)24)29-19(26-15)10-16(27-29)17-5-4-8-28(17)20(30)14-7-6-13(3)25-11-14/h6-7,9-12,17H,4-5,8H2,1-3H3/t17-/m0/s1. The van der Waals surface area contributed by atoms with Crippen molar-refractivity contribution in [2.45, 2.75) is 51.7 Å². The SMILES string of the molecule is Cc1ccc(C(=O)N2CCC[C@H]2c2cc3nc(C(C)C)cc(C(F)(F)F)n3n2)cn1. The van der Waals surface area contributed by atoms with Crippen LogP contribution in [0.5, 0.6) is 0 Å². The van der Waals surface area contributed by atoms with Gasteiger partial charge in [-0.15, -0.1) is 0 Å². The highest BCUT2D eigenvalue weighted by Crippen LogP contribution is 2.35. The van der Waals surface area contributed by atoms with E-state index < -0.39 is 17.9 Å². The Morgan fingerprint density at radius 1 is 1.23 bits per heavy atom. The Bertz CT molecular complexity index is 1090. The molecule has 1 amide bonds. The quantitative estimate of drug-likeness (QED) is 0.627. The molecule has 9 heteroatoms. The van der Waals surface area contributed by atoms with Crippen LogP contribution in [-0.4, -0.2) is 36.9 Å². The van der Waals surface area contributed by atoms with Crippen LogP contribution in [0, 0.1) is 6.92 Å². The van der Waals surface area contributed by atoms with E-state index >= 15 is 0 Å². The third-order valence-electron chi connectivity index (χ3n) is 5.36. The number of alkyl halides is 3. The Labute approximate surface area is 171 Å². The Morgan fingerprint density at radius 2 is 2.00 bits per heavy atom. The number of fused-ring (bicyclic) bond motifs is 1. The molecule has 4 heterocycles. The summed E-state index contributed by atoms with van der Waals surface area (Å²) in [6.45, 7) is 5.94. The first-order chi connectivity index (χ1) is 14.1. The van der Waals surface area contributed by atoms with E-state index in [1.54, 1.807) is 36.9 Å². The van der Waals surface area contributed by atoms with Crippen molar-refractivity contribution in [2.24, 2.45) is 0 Å². The number of hydrogen-bond acceptors (Lipinski definition) is 4. The summed E-state index contributed by atoms with van der Waals surface area (Å²) in [4.78, 5) is 23.2. The highest BCUT2D eigenvalue weighted by Gasteiger charge is 2.37. The molecule has 158 valence electrons. The van der Waals surface area contributed by atoms with E-state index in [4.69, 9.17) is 0 Å². The van der Waals surface area contributed by atoms with Crippen molar-refractivity contribution in [3.8, 4) is 0 Å². The van der Waals surface area contributed by atoms with E-state index in [1.165, 1.54) is 6.20 Å². The van der Waals surface area contributed by atoms with Crippen LogP contribution < -0.4 is 0 Å². The Kier molecular flexibility index (Phi) is 4.99. The fraction of sp³-hybridized carbons (Fsp3) is 0.429. The van der Waals surface area contributed by atoms with Crippen molar-refractivity contribution in [3.63, 3.8) is 0 Å². The van der Waals surface area contributed by atoms with Gasteiger partial charge in [0, 0.05) is 30.2 Å². The predicted octanol–water partition coefficient (Wildman–Crippen LogP) is 4.55. The largest absolute Gasteiger partial charge is 0.433 e. The smallest absolute Gasteiger partial charge is 0.330 e. The number of aromatic nitrogens is 4. The minimum atomic E-state index is -4.56. The van der Waals surface area contributed by atoms with Gasteiger partial charge in [0.2, 0.25) is 0 Å². The molecule has 30 heavy (non-hydrogen) atoms. The fourth-order valence-corrected chi connectivity index (χ4v) is 3.75. The number of carbonyl (C=O) groups is 1. The minimum Gasteiger partial charge on any atom is -0.330 e. The van der Waals surface area contributed by atoms with Crippen molar-refractivity contribution in [1.29, 1.82) is 0 Å². The highest BCUT2D eigenvalue weighted by molar-refractivity contribution is 5.94. The molecular formula is C21H22F3N5O. The summed E-state index contributed by atoms with van der Waals surface area (Å²) in [5, 5.41) is 4.23. The molecule has 0 unspecified atom stereocenters. The minimum absolute atomic E-state index is 0.139. The molecule has 1 aliphatic heterocycles. The van der Waals surface area contributed by atoms with Crippen molar-refractivity contribution in [2.75, 3.05) is 6.54 Å². The van der Waals surface area contributed by atoms with E-state index in [-0.39, 0.29) is 17.5 Å². The molecule has 1 atom stereocenters. The number of amides is 1. The first-order valence-corrected chi connectivity index (χ1v) is 9.86. The van der Waals surface area contributed by atoms with Crippen LogP contribution in [0.1, 0.15) is 71.8 Å². The van der Waals surface area contributed by atoms with Gasteiger partial charge in [-0.1, -0.05) is 13.8 Å². The van der Waals surface area contributed by atoms with Crippen molar-refractivity contribution in [1.82, 2.24) is 24.5 Å². The summed E-state index contributed by atoms with van der Waals surface area (Å²) >= 11 is 0. The summed E-state index contributed by atoms with van der Waals surface area (Å²) in [5.41, 5.74) is 1.30. The first kappa shape index (κ1) is 20.3. The second-order valence-electron chi connectivity index (χ2n) is 7.90. The normalized spacial score (nSPS) is 17.3. The van der Waals surface area contributed by atoms with Gasteiger partial charge in [0.05, 0.1) is 17.3 Å². The highest BCUT2D eigenvalue weighted by atomic mass is 19.4. The molecule has 4 rings (SSSR count). The number of likely N-dealkylation sites (tertiary alicyclic amines) is 1. The zero-order chi connectivity index (χ0) is 21.6. The van der Waals surface area contributed by atoms with Gasteiger partial charge in [-0.05, 0) is 43.9 Å². The summed E-state index contributed by atoms with van der Waals surface area (Å²) in [5.74, 6) is -0.359. The number of aryl methyl sites for hydroxylation is 1. The molecule has 0 bridgehead atoms. The van der Waals surface area contributed by atoms with Crippen LogP contribution >= 0.6 is 0 Å². The molecule has 0 saturated carbocycles. The molecular weight excluding hydrogens is 395 g/mol. The third-order valence-corrected chi connectivity index (χ3v) is 5.36. The lowest BCUT2D eigenvalue weighted by molar-refractivity contribution is -0.142. The number of carbonyl (C=O) groups excluding carboxylic acids is 1. The van der Waals surface area contributed by atoms with Crippen LogP contribution in [0.15, 0.2) is 30.5 Å². The average molecular weight is 417 g/mol. The zero-order valence-corrected chi connectivity index (χ0v) is 16.9. The molecule has 0 aromatic carbocycles. The summed E-state index contributed by atoms with van der Waals surface area (Å²) in [7, 11) is 0. The molecule has 1 fully saturated rings. The van der Waals surface area contributed by atoms with Gasteiger partial charge in [-0.2, -0.15) is 18.3 Å². The first-order valence-electron chi connectivity index (χ1n) is 9.86. The second kappa shape index (κ2) is 7.37. The van der Waals surface area contributed by atoms with E-state index in [0.29, 0.717) is 29.9 Å². The van der Waals surface area contributed by atoms with Gasteiger partial charge < -0.3 is 4.90 Å². The van der Waals surface area contributed by atoms with Crippen LogP contribution in [0.3, 0.4) is 0 Å². The van der Waals surface area contributed by atoms with Crippen LogP contribution in [0.25, 0.3) is 5.65 Å². The summed E-state index contributed by atoms with van der Waals surface area (Å²) in [6, 6.07) is 5.68. The lowest BCUT2D eigenvalue weighted by Gasteiger charge is -2.23. The maximum absolute atomic E-state index is 13.6. The van der Waals surface area contributed by atoms with Crippen LogP contribution in [0.4, 0.5) is 13.2 Å². The van der Waals surface area contributed by atoms with Crippen molar-refractivity contribution >= 4 is 11.6 Å². The molecule has 1 aliphatic rings. The van der Waals surface area contributed by atoms with Gasteiger partial charge in [0.25, 0.3) is 5.91 Å². The predicted molar refractivity (Wildman–Crippen MR) is 104 cm³/mol. The van der Waals surface area contributed by atoms with E-state index in [2.05, 4.69) is 15.1 Å². The van der Waals surface area contributed by atoms with E-state index in [9.17, 15) is 18.0 Å². The Balaban J connectivity index is 1.75. The van der Waals surface area contributed by atoms with Crippen LogP contribution in [0.2, 0.25) is 0 Å². The third kappa shape index (κ3) is 3.64. The summed E-state index contributed by atoms with van der Waals surface area (Å²) in [6.07, 6.45) is -1.66. The number of nitrogens with zero attached hydrogens (tertiary/aromatic N) is 5. The Hall–Kier alpha value is -2.97. The average Bonchev–Trinajstić information content (AvgIpc) is 3.32. The topological polar surface area (TPSA) is 63.4 Å². The molecule has 0 N–H and O–H groups in total. The maximum Gasteiger partial charge on any atom is 0.433 e.